The second-order valence-corrected chi connectivity index (χ2v) is 4.79. The molecule has 0 heterocycles. The minimum absolute atomic E-state index is 0.119. The van der Waals surface area contributed by atoms with Crippen LogP contribution < -0.4 is 5.32 Å². The Kier molecular flexibility index (Phi) is 4.75. The highest BCUT2D eigenvalue weighted by atomic mass is 16.3. The van der Waals surface area contributed by atoms with Crippen LogP contribution in [0.4, 0.5) is 0 Å². The Hall–Kier alpha value is -1.08. The van der Waals surface area contributed by atoms with Crippen LogP contribution in [0.2, 0.25) is 0 Å². The molecule has 0 aromatic heterocycles. The lowest BCUT2D eigenvalue weighted by Gasteiger charge is -2.35. The van der Waals surface area contributed by atoms with Crippen molar-refractivity contribution in [3.8, 4) is 6.07 Å². The largest absolute Gasteiger partial charge is 0.396 e. The molecule has 0 spiro atoms. The zero-order chi connectivity index (χ0) is 12.0. The fourth-order valence-corrected chi connectivity index (χ4v) is 2.18. The van der Waals surface area contributed by atoms with Crippen molar-refractivity contribution in [3.63, 3.8) is 0 Å². The number of nitriles is 1. The fourth-order valence-electron chi connectivity index (χ4n) is 2.18. The van der Waals surface area contributed by atoms with E-state index in [1.807, 2.05) is 6.07 Å². The van der Waals surface area contributed by atoms with E-state index in [1.54, 1.807) is 6.92 Å². The van der Waals surface area contributed by atoms with Gasteiger partial charge in [0.15, 0.2) is 0 Å². The number of amides is 1. The molecule has 1 atom stereocenters. The maximum absolute atomic E-state index is 11.5. The van der Waals surface area contributed by atoms with Crippen LogP contribution in [0, 0.1) is 22.7 Å². The van der Waals surface area contributed by atoms with Gasteiger partial charge in [-0.2, -0.15) is 5.26 Å². The molecule has 1 unspecified atom stereocenters. The molecule has 16 heavy (non-hydrogen) atoms. The first-order valence-electron chi connectivity index (χ1n) is 5.92. The molecule has 1 aliphatic rings. The number of aliphatic hydroxyl groups excluding tert-OH is 1. The Morgan fingerprint density at radius 1 is 1.50 bits per heavy atom. The van der Waals surface area contributed by atoms with Gasteiger partial charge in [-0.25, -0.2) is 0 Å². The quantitative estimate of drug-likeness (QED) is 0.753. The third-order valence-corrected chi connectivity index (χ3v) is 3.47. The molecule has 0 radical (unpaired) electrons. The Labute approximate surface area is 96.6 Å². The van der Waals surface area contributed by atoms with Crippen LogP contribution in [-0.4, -0.2) is 24.2 Å². The first kappa shape index (κ1) is 13.0. The van der Waals surface area contributed by atoms with E-state index in [9.17, 15) is 9.90 Å². The van der Waals surface area contributed by atoms with Gasteiger partial charge in [0, 0.05) is 12.0 Å². The van der Waals surface area contributed by atoms with Gasteiger partial charge >= 0.3 is 0 Å². The molecule has 90 valence electrons. The molecule has 1 amide bonds. The van der Waals surface area contributed by atoms with Crippen LogP contribution in [-0.2, 0) is 4.79 Å². The molecule has 0 aromatic rings. The zero-order valence-corrected chi connectivity index (χ0v) is 9.83. The summed E-state index contributed by atoms with van der Waals surface area (Å²) < 4.78 is 0. The van der Waals surface area contributed by atoms with Crippen LogP contribution in [0.5, 0.6) is 0 Å². The van der Waals surface area contributed by atoms with Crippen molar-refractivity contribution in [2.24, 2.45) is 11.3 Å². The number of hydrogen-bond donors (Lipinski definition) is 2. The molecule has 0 aliphatic heterocycles. The summed E-state index contributed by atoms with van der Waals surface area (Å²) in [7, 11) is 0. The summed E-state index contributed by atoms with van der Waals surface area (Å²) in [5.41, 5.74) is -0.150. The molecule has 1 rings (SSSR count). The van der Waals surface area contributed by atoms with Crippen molar-refractivity contribution in [2.75, 3.05) is 13.2 Å². The number of nitrogens with one attached hydrogen (secondary N) is 1. The first-order valence-corrected chi connectivity index (χ1v) is 5.92. The number of carbonyl (C=O) groups excluding carboxylic acids is 1. The van der Waals surface area contributed by atoms with Crippen molar-refractivity contribution < 1.29 is 9.90 Å². The smallest absolute Gasteiger partial charge is 0.237 e. The topological polar surface area (TPSA) is 73.1 Å². The van der Waals surface area contributed by atoms with Gasteiger partial charge in [-0.3, -0.25) is 4.79 Å². The van der Waals surface area contributed by atoms with Crippen LogP contribution >= 0.6 is 0 Å². The molecule has 4 heteroatoms. The second kappa shape index (κ2) is 5.86. The number of hydrogen-bond acceptors (Lipinski definition) is 3. The highest BCUT2D eigenvalue weighted by molar-refractivity contribution is 5.80. The normalized spacial score (nSPS) is 20.8. The summed E-state index contributed by atoms with van der Waals surface area (Å²) in [4.78, 5) is 11.5. The van der Waals surface area contributed by atoms with E-state index in [0.717, 1.165) is 25.7 Å². The molecule has 1 fully saturated rings. The Morgan fingerprint density at radius 2 is 2.12 bits per heavy atom. The second-order valence-electron chi connectivity index (χ2n) is 4.79. The summed E-state index contributed by atoms with van der Waals surface area (Å²) in [6, 6.07) is 1.91. The molecule has 2 N–H and O–H groups in total. The van der Waals surface area contributed by atoms with Crippen LogP contribution in [0.15, 0.2) is 0 Å². The van der Waals surface area contributed by atoms with E-state index < -0.39 is 5.92 Å². The third-order valence-electron chi connectivity index (χ3n) is 3.47. The molecule has 0 aromatic carbocycles. The summed E-state index contributed by atoms with van der Waals surface area (Å²) >= 11 is 0. The lowest BCUT2D eigenvalue weighted by Crippen LogP contribution is -2.42. The van der Waals surface area contributed by atoms with Crippen molar-refractivity contribution in [1.29, 1.82) is 5.26 Å². The van der Waals surface area contributed by atoms with Gasteiger partial charge in [-0.1, -0.05) is 19.3 Å². The highest BCUT2D eigenvalue weighted by Crippen LogP contribution is 2.35. The van der Waals surface area contributed by atoms with Crippen LogP contribution in [0.3, 0.4) is 0 Å². The molecule has 1 aliphatic carbocycles. The molecule has 4 nitrogen and oxygen atoms in total. The Morgan fingerprint density at radius 3 is 2.62 bits per heavy atom. The minimum atomic E-state index is -0.612. The maximum atomic E-state index is 11.5. The Balaban J connectivity index is 2.45. The summed E-state index contributed by atoms with van der Waals surface area (Å²) in [6.45, 7) is 2.20. The molecular formula is C12H20N2O2. The van der Waals surface area contributed by atoms with Gasteiger partial charge in [0.2, 0.25) is 5.91 Å². The molecule has 1 saturated carbocycles. The van der Waals surface area contributed by atoms with E-state index >= 15 is 0 Å². The number of aliphatic hydroxyl groups is 1. The Bertz CT molecular complexity index is 277. The van der Waals surface area contributed by atoms with Gasteiger partial charge < -0.3 is 10.4 Å². The van der Waals surface area contributed by atoms with Crippen LogP contribution in [0.25, 0.3) is 0 Å². The van der Waals surface area contributed by atoms with Gasteiger partial charge in [0.25, 0.3) is 0 Å². The van der Waals surface area contributed by atoms with E-state index in [4.69, 9.17) is 5.26 Å². The standard InChI is InChI=1S/C12H20N2O2/c1-10(7-13)11(16)14-8-12(9-15)5-3-2-4-6-12/h10,15H,2-6,8-9H2,1H3,(H,14,16). The van der Waals surface area contributed by atoms with Crippen LogP contribution in [0.1, 0.15) is 39.0 Å². The van der Waals surface area contributed by atoms with Gasteiger partial charge in [0.05, 0.1) is 12.7 Å². The van der Waals surface area contributed by atoms with E-state index in [-0.39, 0.29) is 17.9 Å². The summed E-state index contributed by atoms with van der Waals surface area (Å²) in [5, 5.41) is 20.8. The zero-order valence-electron chi connectivity index (χ0n) is 9.83. The predicted molar refractivity (Wildman–Crippen MR) is 60.4 cm³/mol. The fraction of sp³-hybridized carbons (Fsp3) is 0.833. The highest BCUT2D eigenvalue weighted by Gasteiger charge is 2.32. The lowest BCUT2D eigenvalue weighted by molar-refractivity contribution is -0.123. The van der Waals surface area contributed by atoms with Gasteiger partial charge in [-0.05, 0) is 19.8 Å². The van der Waals surface area contributed by atoms with Gasteiger partial charge in [0.1, 0.15) is 5.92 Å². The molecule has 0 saturated heterocycles. The van der Waals surface area contributed by atoms with Crippen molar-refractivity contribution in [3.05, 3.63) is 0 Å². The maximum Gasteiger partial charge on any atom is 0.237 e. The predicted octanol–water partition coefficient (Wildman–Crippen LogP) is 1.21. The minimum Gasteiger partial charge on any atom is -0.396 e. The molecular weight excluding hydrogens is 204 g/mol. The number of nitrogens with zero attached hydrogens (tertiary/aromatic N) is 1. The average molecular weight is 224 g/mol. The van der Waals surface area contributed by atoms with E-state index in [2.05, 4.69) is 5.32 Å². The summed E-state index contributed by atoms with van der Waals surface area (Å²) in [6.07, 6.45) is 5.37. The van der Waals surface area contributed by atoms with E-state index in [1.165, 1.54) is 6.42 Å². The third kappa shape index (κ3) is 3.21. The number of carbonyl (C=O) groups is 1. The van der Waals surface area contributed by atoms with Crippen molar-refractivity contribution in [1.82, 2.24) is 5.32 Å². The number of rotatable bonds is 4. The lowest BCUT2D eigenvalue weighted by atomic mass is 9.74. The summed E-state index contributed by atoms with van der Waals surface area (Å²) in [5.74, 6) is -0.847. The van der Waals surface area contributed by atoms with E-state index in [0.29, 0.717) is 6.54 Å². The molecule has 0 bridgehead atoms. The first-order chi connectivity index (χ1) is 7.63. The average Bonchev–Trinajstić information content (AvgIpc) is 2.36. The SMILES string of the molecule is CC(C#N)C(=O)NCC1(CO)CCCCC1. The monoisotopic (exact) mass is 224 g/mol. The van der Waals surface area contributed by atoms with Crippen molar-refractivity contribution >= 4 is 5.91 Å². The van der Waals surface area contributed by atoms with Gasteiger partial charge in [-0.15, -0.1) is 0 Å². The van der Waals surface area contributed by atoms with Crippen molar-refractivity contribution in [2.45, 2.75) is 39.0 Å².